The van der Waals surface area contributed by atoms with Gasteiger partial charge in [-0.25, -0.2) is 4.79 Å². The van der Waals surface area contributed by atoms with Crippen LogP contribution in [0.5, 0.6) is 5.75 Å². The number of nitrogens with one attached hydrogen (secondary N) is 2. The number of carbonyl (C=O) groups is 1. The number of carbonyl (C=O) groups excluding carboxylic acids is 1. The lowest BCUT2D eigenvalue weighted by molar-refractivity contribution is 0.0523. The quantitative estimate of drug-likeness (QED) is 0.751. The fourth-order valence-electron chi connectivity index (χ4n) is 2.23. The van der Waals surface area contributed by atoms with Crippen LogP contribution in [-0.2, 0) is 24.4 Å². The summed E-state index contributed by atoms with van der Waals surface area (Å²) in [5, 5.41) is 15.3. The van der Waals surface area contributed by atoms with Crippen molar-refractivity contribution in [2.75, 3.05) is 0 Å². The zero-order chi connectivity index (χ0) is 18.3. The maximum absolute atomic E-state index is 11.8. The molecule has 0 saturated carbocycles. The van der Waals surface area contributed by atoms with Crippen molar-refractivity contribution < 1.29 is 14.6 Å². The van der Waals surface area contributed by atoms with Crippen LogP contribution in [0.15, 0.2) is 42.6 Å². The second-order valence-electron chi connectivity index (χ2n) is 6.74. The molecule has 1 heterocycles. The highest BCUT2D eigenvalue weighted by atomic mass is 16.6. The Labute approximate surface area is 148 Å². The standard InChI is InChI=1S/C19H25N3O3/c1-19(2,3)25-18(24)22-11-15-7-5-4-6-14(15)10-20-12-16-8-9-17(23)13-21-16/h4-9,13,20,23H,10-12H2,1-3H3,(H,22,24). The van der Waals surface area contributed by atoms with Gasteiger partial charge in [-0.15, -0.1) is 0 Å². The van der Waals surface area contributed by atoms with Gasteiger partial charge >= 0.3 is 6.09 Å². The van der Waals surface area contributed by atoms with Crippen LogP contribution in [0.2, 0.25) is 0 Å². The molecule has 6 nitrogen and oxygen atoms in total. The van der Waals surface area contributed by atoms with Gasteiger partial charge in [-0.3, -0.25) is 4.98 Å². The summed E-state index contributed by atoms with van der Waals surface area (Å²) in [5.74, 6) is 0.155. The van der Waals surface area contributed by atoms with E-state index in [2.05, 4.69) is 15.6 Å². The molecule has 0 aliphatic heterocycles. The monoisotopic (exact) mass is 343 g/mol. The first-order chi connectivity index (χ1) is 11.8. The average molecular weight is 343 g/mol. The fourth-order valence-corrected chi connectivity index (χ4v) is 2.23. The molecule has 1 aromatic carbocycles. The van der Waals surface area contributed by atoms with Gasteiger partial charge in [-0.1, -0.05) is 24.3 Å². The number of ether oxygens (including phenoxy) is 1. The van der Waals surface area contributed by atoms with Crippen molar-refractivity contribution in [3.05, 3.63) is 59.4 Å². The molecular formula is C19H25N3O3. The number of nitrogens with zero attached hydrogens (tertiary/aromatic N) is 1. The van der Waals surface area contributed by atoms with E-state index in [1.165, 1.54) is 6.20 Å². The summed E-state index contributed by atoms with van der Waals surface area (Å²) in [6.45, 7) is 7.15. The van der Waals surface area contributed by atoms with Crippen LogP contribution >= 0.6 is 0 Å². The predicted octanol–water partition coefficient (Wildman–Crippen LogP) is 3.10. The third-order valence-corrected chi connectivity index (χ3v) is 3.37. The molecule has 0 atom stereocenters. The highest BCUT2D eigenvalue weighted by Gasteiger charge is 2.16. The summed E-state index contributed by atoms with van der Waals surface area (Å²) in [7, 11) is 0. The van der Waals surface area contributed by atoms with Crippen molar-refractivity contribution in [2.24, 2.45) is 0 Å². The summed E-state index contributed by atoms with van der Waals surface area (Å²) in [5.41, 5.74) is 2.46. The van der Waals surface area contributed by atoms with E-state index in [9.17, 15) is 9.90 Å². The first-order valence-corrected chi connectivity index (χ1v) is 8.22. The summed E-state index contributed by atoms with van der Waals surface area (Å²) < 4.78 is 5.25. The number of alkyl carbamates (subject to hydrolysis) is 1. The number of pyridine rings is 1. The van der Waals surface area contributed by atoms with E-state index in [0.29, 0.717) is 19.6 Å². The Morgan fingerprint density at radius 1 is 1.08 bits per heavy atom. The van der Waals surface area contributed by atoms with E-state index < -0.39 is 11.7 Å². The SMILES string of the molecule is CC(C)(C)OC(=O)NCc1ccccc1CNCc1ccc(O)cn1. The zero-order valence-corrected chi connectivity index (χ0v) is 14.9. The van der Waals surface area contributed by atoms with Crippen LogP contribution in [0.1, 0.15) is 37.6 Å². The van der Waals surface area contributed by atoms with Gasteiger partial charge in [0, 0.05) is 19.6 Å². The number of rotatable bonds is 6. The first kappa shape index (κ1) is 18.7. The van der Waals surface area contributed by atoms with Crippen molar-refractivity contribution in [2.45, 2.75) is 46.0 Å². The molecular weight excluding hydrogens is 318 g/mol. The van der Waals surface area contributed by atoms with Crippen molar-refractivity contribution in [1.29, 1.82) is 0 Å². The molecule has 0 aliphatic carbocycles. The molecule has 6 heteroatoms. The van der Waals surface area contributed by atoms with Crippen LogP contribution < -0.4 is 10.6 Å². The smallest absolute Gasteiger partial charge is 0.407 e. The van der Waals surface area contributed by atoms with E-state index >= 15 is 0 Å². The molecule has 1 amide bonds. The minimum absolute atomic E-state index is 0.155. The highest BCUT2D eigenvalue weighted by molar-refractivity contribution is 5.67. The van der Waals surface area contributed by atoms with Gasteiger partial charge in [-0.05, 0) is 44.0 Å². The molecule has 2 rings (SSSR count). The summed E-state index contributed by atoms with van der Waals surface area (Å²) in [6.07, 6.45) is 0.999. The van der Waals surface area contributed by atoms with Gasteiger partial charge in [0.2, 0.25) is 0 Å². The molecule has 0 aliphatic rings. The fraction of sp³-hybridized carbons (Fsp3) is 0.368. The van der Waals surface area contributed by atoms with Crippen LogP contribution in [0.3, 0.4) is 0 Å². The Balaban J connectivity index is 1.87. The molecule has 0 spiro atoms. The topological polar surface area (TPSA) is 83.5 Å². The van der Waals surface area contributed by atoms with Gasteiger partial charge in [-0.2, -0.15) is 0 Å². The molecule has 25 heavy (non-hydrogen) atoms. The number of aromatic nitrogens is 1. The van der Waals surface area contributed by atoms with Crippen LogP contribution in [0.4, 0.5) is 4.79 Å². The summed E-state index contributed by atoms with van der Waals surface area (Å²) in [6, 6.07) is 11.3. The third kappa shape index (κ3) is 6.81. The van der Waals surface area contributed by atoms with Crippen LogP contribution in [0.25, 0.3) is 0 Å². The molecule has 0 fully saturated rings. The van der Waals surface area contributed by atoms with E-state index in [1.54, 1.807) is 12.1 Å². The number of benzene rings is 1. The average Bonchev–Trinajstić information content (AvgIpc) is 2.54. The molecule has 1 aromatic heterocycles. The van der Waals surface area contributed by atoms with E-state index in [0.717, 1.165) is 16.8 Å². The summed E-state index contributed by atoms with van der Waals surface area (Å²) >= 11 is 0. The Hall–Kier alpha value is -2.60. The van der Waals surface area contributed by atoms with E-state index in [1.807, 2.05) is 45.0 Å². The van der Waals surface area contributed by atoms with Crippen molar-refractivity contribution in [3.63, 3.8) is 0 Å². The lowest BCUT2D eigenvalue weighted by atomic mass is 10.1. The second-order valence-corrected chi connectivity index (χ2v) is 6.74. The van der Waals surface area contributed by atoms with Crippen LogP contribution in [-0.4, -0.2) is 21.8 Å². The van der Waals surface area contributed by atoms with Crippen molar-refractivity contribution in [1.82, 2.24) is 15.6 Å². The summed E-state index contributed by atoms with van der Waals surface area (Å²) in [4.78, 5) is 15.9. The van der Waals surface area contributed by atoms with Crippen molar-refractivity contribution in [3.8, 4) is 5.75 Å². The normalized spacial score (nSPS) is 11.2. The largest absolute Gasteiger partial charge is 0.506 e. The molecule has 0 bridgehead atoms. The van der Waals surface area contributed by atoms with E-state index in [-0.39, 0.29) is 5.75 Å². The Bertz CT molecular complexity index is 694. The number of amides is 1. The molecule has 2 aromatic rings. The Morgan fingerprint density at radius 2 is 1.76 bits per heavy atom. The minimum atomic E-state index is -0.512. The predicted molar refractivity (Wildman–Crippen MR) is 96.0 cm³/mol. The maximum Gasteiger partial charge on any atom is 0.407 e. The Kier molecular flexibility index (Phi) is 6.36. The van der Waals surface area contributed by atoms with Gasteiger partial charge < -0.3 is 20.5 Å². The Morgan fingerprint density at radius 3 is 2.36 bits per heavy atom. The van der Waals surface area contributed by atoms with Gasteiger partial charge in [0.25, 0.3) is 0 Å². The highest BCUT2D eigenvalue weighted by Crippen LogP contribution is 2.11. The maximum atomic E-state index is 11.8. The lowest BCUT2D eigenvalue weighted by Crippen LogP contribution is -2.32. The van der Waals surface area contributed by atoms with Crippen molar-refractivity contribution >= 4 is 6.09 Å². The second kappa shape index (κ2) is 8.48. The zero-order valence-electron chi connectivity index (χ0n) is 14.9. The molecule has 0 saturated heterocycles. The first-order valence-electron chi connectivity index (χ1n) is 8.22. The molecule has 0 unspecified atom stereocenters. The number of hydrogen-bond acceptors (Lipinski definition) is 5. The molecule has 0 radical (unpaired) electrons. The lowest BCUT2D eigenvalue weighted by Gasteiger charge is -2.20. The number of aromatic hydroxyl groups is 1. The van der Waals surface area contributed by atoms with Gasteiger partial charge in [0.05, 0.1) is 11.9 Å². The minimum Gasteiger partial charge on any atom is -0.506 e. The van der Waals surface area contributed by atoms with Crippen LogP contribution in [0, 0.1) is 0 Å². The molecule has 3 N–H and O–H groups in total. The van der Waals surface area contributed by atoms with E-state index in [4.69, 9.17) is 4.74 Å². The number of hydrogen-bond donors (Lipinski definition) is 3. The van der Waals surface area contributed by atoms with Gasteiger partial charge in [0.1, 0.15) is 11.4 Å². The molecule has 134 valence electrons. The third-order valence-electron chi connectivity index (χ3n) is 3.37. The van der Waals surface area contributed by atoms with Gasteiger partial charge in [0.15, 0.2) is 0 Å².